The van der Waals surface area contributed by atoms with Crippen LogP contribution in [0.4, 0.5) is 0 Å². The fourth-order valence-electron chi connectivity index (χ4n) is 1.83. The maximum absolute atomic E-state index is 9.29. The highest BCUT2D eigenvalue weighted by molar-refractivity contribution is 6.69. The molecule has 1 aromatic rings. The highest BCUT2D eigenvalue weighted by Gasteiger charge is 2.34. The van der Waals surface area contributed by atoms with Crippen LogP contribution in [0.25, 0.3) is 0 Å². The molecule has 0 aromatic heterocycles. The lowest BCUT2D eigenvalue weighted by atomic mass is 10.2. The van der Waals surface area contributed by atoms with Crippen LogP contribution in [-0.4, -0.2) is 41.3 Å². The predicted molar refractivity (Wildman–Crippen MR) is 76.0 cm³/mol. The van der Waals surface area contributed by atoms with Crippen LogP contribution in [0.1, 0.15) is 5.56 Å². The third kappa shape index (κ3) is 2.36. The third-order valence-corrected chi connectivity index (χ3v) is 2.83. The molecule has 1 unspecified atom stereocenters. The molecule has 2 aliphatic rings. The van der Waals surface area contributed by atoms with Crippen molar-refractivity contribution >= 4 is 23.8 Å². The summed E-state index contributed by atoms with van der Waals surface area (Å²) in [6.07, 6.45) is 1.36. The van der Waals surface area contributed by atoms with E-state index in [9.17, 15) is 5.11 Å². The molecule has 20 heavy (non-hydrogen) atoms. The number of aliphatic hydroxyl groups is 1. The van der Waals surface area contributed by atoms with Crippen molar-refractivity contribution in [2.45, 2.75) is 12.4 Å². The number of aliphatic hydroxyl groups excluding tert-OH is 1. The average molecular weight is 271 g/mol. The normalized spacial score (nSPS) is 23.8. The summed E-state index contributed by atoms with van der Waals surface area (Å²) in [5.41, 5.74) is 7.27. The van der Waals surface area contributed by atoms with Crippen molar-refractivity contribution in [2.75, 3.05) is 6.61 Å². The first kappa shape index (κ1) is 12.6. The van der Waals surface area contributed by atoms with Crippen molar-refractivity contribution < 1.29 is 9.84 Å². The van der Waals surface area contributed by atoms with Crippen molar-refractivity contribution in [2.24, 2.45) is 25.7 Å². The molecule has 102 valence electrons. The molecule has 2 heterocycles. The van der Waals surface area contributed by atoms with Crippen LogP contribution in [0.2, 0.25) is 0 Å². The van der Waals surface area contributed by atoms with Crippen molar-refractivity contribution in [1.82, 2.24) is 0 Å². The van der Waals surface area contributed by atoms with Crippen LogP contribution < -0.4 is 5.73 Å². The summed E-state index contributed by atoms with van der Waals surface area (Å²) in [4.78, 5) is 16.2. The number of hydrogen-bond donors (Lipinski definition) is 2. The quantitative estimate of drug-likeness (QED) is 0.814. The van der Waals surface area contributed by atoms with Gasteiger partial charge in [-0.1, -0.05) is 30.3 Å². The van der Waals surface area contributed by atoms with E-state index in [1.807, 2.05) is 30.3 Å². The standard InChI is InChI=1S/C13H13N5O2/c14-13(7-19)17-11-10(15-8-16-11)12(18-13)20-6-9-4-2-1-3-5-9/h1-5,8,19H,6-7,14H2. The molecule has 0 saturated carbocycles. The highest BCUT2D eigenvalue weighted by Crippen LogP contribution is 2.16. The van der Waals surface area contributed by atoms with E-state index in [-0.39, 0.29) is 5.90 Å². The summed E-state index contributed by atoms with van der Waals surface area (Å²) in [5, 5.41) is 9.29. The van der Waals surface area contributed by atoms with E-state index < -0.39 is 12.4 Å². The van der Waals surface area contributed by atoms with E-state index in [2.05, 4.69) is 20.0 Å². The number of aliphatic imine (C=N–C) groups is 4. The van der Waals surface area contributed by atoms with Gasteiger partial charge in [-0.05, 0) is 5.56 Å². The van der Waals surface area contributed by atoms with Gasteiger partial charge in [-0.25, -0.2) is 20.0 Å². The van der Waals surface area contributed by atoms with E-state index in [1.165, 1.54) is 6.34 Å². The number of fused-ring (bicyclic) bond motifs is 1. The van der Waals surface area contributed by atoms with Crippen molar-refractivity contribution in [1.29, 1.82) is 0 Å². The van der Waals surface area contributed by atoms with Crippen molar-refractivity contribution in [3.05, 3.63) is 35.9 Å². The molecule has 0 bridgehead atoms. The fraction of sp³-hybridized carbons (Fsp3) is 0.231. The van der Waals surface area contributed by atoms with E-state index in [1.54, 1.807) is 0 Å². The molecule has 3 rings (SSSR count). The minimum absolute atomic E-state index is 0.243. The van der Waals surface area contributed by atoms with Gasteiger partial charge in [-0.2, -0.15) is 0 Å². The summed E-state index contributed by atoms with van der Waals surface area (Å²) in [6, 6.07) is 9.65. The molecule has 3 N–H and O–H groups in total. The van der Waals surface area contributed by atoms with Gasteiger partial charge in [0.1, 0.15) is 19.6 Å². The molecule has 7 heteroatoms. The molecule has 0 spiro atoms. The molecule has 0 amide bonds. The third-order valence-electron chi connectivity index (χ3n) is 2.83. The second-order valence-corrected chi connectivity index (χ2v) is 4.39. The molecular formula is C13H13N5O2. The first-order chi connectivity index (χ1) is 9.70. The molecule has 0 saturated heterocycles. The molecule has 0 aliphatic carbocycles. The monoisotopic (exact) mass is 271 g/mol. The number of amidine groups is 1. The van der Waals surface area contributed by atoms with Crippen LogP contribution >= 0.6 is 0 Å². The van der Waals surface area contributed by atoms with E-state index >= 15 is 0 Å². The van der Waals surface area contributed by atoms with Crippen LogP contribution in [0.5, 0.6) is 0 Å². The molecule has 0 radical (unpaired) electrons. The van der Waals surface area contributed by atoms with E-state index in [4.69, 9.17) is 10.5 Å². The Hall–Kier alpha value is -2.38. The molecule has 0 fully saturated rings. The first-order valence-electron chi connectivity index (χ1n) is 6.07. The Labute approximate surface area is 115 Å². The summed E-state index contributed by atoms with van der Waals surface area (Å²) in [7, 11) is 0. The van der Waals surface area contributed by atoms with E-state index in [0.29, 0.717) is 18.2 Å². The number of nitrogens with two attached hydrogens (primary N) is 1. The van der Waals surface area contributed by atoms with Gasteiger partial charge >= 0.3 is 0 Å². The number of benzene rings is 1. The smallest absolute Gasteiger partial charge is 0.243 e. The second kappa shape index (κ2) is 4.95. The molecule has 1 atom stereocenters. The predicted octanol–water partition coefficient (Wildman–Crippen LogP) is 0.101. The topological polar surface area (TPSA) is 105 Å². The second-order valence-electron chi connectivity index (χ2n) is 4.39. The summed E-state index contributed by atoms with van der Waals surface area (Å²) < 4.78 is 5.65. The zero-order valence-electron chi connectivity index (χ0n) is 10.6. The molecule has 7 nitrogen and oxygen atoms in total. The average Bonchev–Trinajstić information content (AvgIpc) is 2.94. The van der Waals surface area contributed by atoms with Gasteiger partial charge in [-0.15, -0.1) is 0 Å². The van der Waals surface area contributed by atoms with Crippen LogP contribution in [-0.2, 0) is 11.3 Å². The van der Waals surface area contributed by atoms with Crippen LogP contribution in [0.3, 0.4) is 0 Å². The zero-order chi connectivity index (χ0) is 14.0. The lowest BCUT2D eigenvalue weighted by Gasteiger charge is -2.24. The van der Waals surface area contributed by atoms with Crippen LogP contribution in [0, 0.1) is 0 Å². The minimum Gasteiger partial charge on any atom is -0.471 e. The van der Waals surface area contributed by atoms with Gasteiger partial charge in [0.15, 0.2) is 11.5 Å². The Bertz CT molecular complexity index is 635. The van der Waals surface area contributed by atoms with E-state index in [0.717, 1.165) is 5.56 Å². The van der Waals surface area contributed by atoms with Gasteiger partial charge in [0.2, 0.25) is 11.7 Å². The van der Waals surface area contributed by atoms with Gasteiger partial charge in [0.05, 0.1) is 0 Å². The molecule has 1 aromatic carbocycles. The number of rotatable bonds is 3. The lowest BCUT2D eigenvalue weighted by Crippen LogP contribution is -2.47. The lowest BCUT2D eigenvalue weighted by molar-refractivity contribution is 0.201. The minimum atomic E-state index is -1.46. The highest BCUT2D eigenvalue weighted by atomic mass is 16.5. The van der Waals surface area contributed by atoms with Crippen molar-refractivity contribution in [3.63, 3.8) is 0 Å². The Kier molecular flexibility index (Phi) is 3.13. The zero-order valence-corrected chi connectivity index (χ0v) is 10.6. The Balaban J connectivity index is 1.81. The van der Waals surface area contributed by atoms with Crippen LogP contribution in [0.15, 0.2) is 50.3 Å². The van der Waals surface area contributed by atoms with Gasteiger partial charge in [0, 0.05) is 0 Å². The summed E-state index contributed by atoms with van der Waals surface area (Å²) in [5.74, 6) is -0.880. The van der Waals surface area contributed by atoms with Crippen molar-refractivity contribution in [3.8, 4) is 0 Å². The van der Waals surface area contributed by atoms with Gasteiger partial charge in [0.25, 0.3) is 0 Å². The Morgan fingerprint density at radius 2 is 2.00 bits per heavy atom. The SMILES string of the molecule is NC1(CO)N=C2N=CN=C2C(OCc2ccccc2)=N1. The number of nitrogens with zero attached hydrogens (tertiary/aromatic N) is 4. The molecular weight excluding hydrogens is 258 g/mol. The maximum Gasteiger partial charge on any atom is 0.243 e. The first-order valence-corrected chi connectivity index (χ1v) is 6.07. The molecule has 2 aliphatic heterocycles. The number of hydrogen-bond acceptors (Lipinski definition) is 7. The maximum atomic E-state index is 9.29. The summed E-state index contributed by atoms with van der Waals surface area (Å²) in [6.45, 7) is -0.106. The Morgan fingerprint density at radius 3 is 2.75 bits per heavy atom. The largest absolute Gasteiger partial charge is 0.471 e. The number of ether oxygens (including phenoxy) is 1. The Morgan fingerprint density at radius 1 is 1.20 bits per heavy atom. The fourth-order valence-corrected chi connectivity index (χ4v) is 1.83. The van der Waals surface area contributed by atoms with Gasteiger partial charge in [-0.3, -0.25) is 5.73 Å². The summed E-state index contributed by atoms with van der Waals surface area (Å²) >= 11 is 0. The van der Waals surface area contributed by atoms with Gasteiger partial charge < -0.3 is 9.84 Å².